The van der Waals surface area contributed by atoms with E-state index in [4.69, 9.17) is 29.1 Å². The largest absolute Gasteiger partial charge is 0.443 e. The zero-order chi connectivity index (χ0) is 21.2. The zero-order valence-corrected chi connectivity index (χ0v) is 16.8. The second-order valence-corrected chi connectivity index (χ2v) is 9.13. The summed E-state index contributed by atoms with van der Waals surface area (Å²) < 4.78 is 59.9. The van der Waals surface area contributed by atoms with Crippen LogP contribution in [0.4, 0.5) is 13.2 Å². The van der Waals surface area contributed by atoms with Gasteiger partial charge in [-0.05, 0) is 38.0 Å². The monoisotopic (exact) mass is 426 g/mol. The third-order valence-corrected chi connectivity index (χ3v) is 7.36. The van der Waals surface area contributed by atoms with Crippen molar-refractivity contribution in [2.24, 2.45) is 23.7 Å². The minimum absolute atomic E-state index is 0.0766. The Morgan fingerprint density at radius 3 is 2.48 bits per heavy atom. The maximum absolute atomic E-state index is 14.4. The van der Waals surface area contributed by atoms with Crippen LogP contribution in [0, 0.1) is 23.7 Å². The van der Waals surface area contributed by atoms with Gasteiger partial charge in [-0.2, -0.15) is 13.2 Å². The van der Waals surface area contributed by atoms with Gasteiger partial charge in [-0.25, -0.2) is 9.78 Å². The van der Waals surface area contributed by atoms with E-state index >= 15 is 0 Å². The van der Waals surface area contributed by atoms with Crippen LogP contribution in [0.5, 0.6) is 0 Å². The van der Waals surface area contributed by atoms with Crippen molar-refractivity contribution in [2.75, 3.05) is 13.2 Å². The van der Waals surface area contributed by atoms with Gasteiger partial charge in [-0.1, -0.05) is 13.8 Å². The molecule has 0 aromatic rings. The van der Waals surface area contributed by atoms with Gasteiger partial charge < -0.3 is 24.4 Å². The molecule has 2 N–H and O–H groups in total. The summed E-state index contributed by atoms with van der Waals surface area (Å²) in [5.74, 6) is -5.79. The Labute approximate surface area is 167 Å². The van der Waals surface area contributed by atoms with Crippen LogP contribution in [0.1, 0.15) is 46.5 Å². The number of hydrogen-bond acceptors (Lipinski definition) is 7. The highest BCUT2D eigenvalue weighted by Gasteiger charge is 2.77. The molecule has 0 amide bonds. The lowest BCUT2D eigenvalue weighted by Gasteiger charge is -2.62. The van der Waals surface area contributed by atoms with Crippen molar-refractivity contribution in [3.05, 3.63) is 0 Å². The Morgan fingerprint density at radius 2 is 1.83 bits per heavy atom. The molecule has 7 nitrogen and oxygen atoms in total. The predicted octanol–water partition coefficient (Wildman–Crippen LogP) is 2.50. The highest BCUT2D eigenvalue weighted by molar-refractivity contribution is 5.12. The molecule has 2 unspecified atom stereocenters. The van der Waals surface area contributed by atoms with Gasteiger partial charge in [0.2, 0.25) is 5.79 Å². The average Bonchev–Trinajstić information content (AvgIpc) is 2.88. The number of ether oxygens (including phenoxy) is 3. The minimum atomic E-state index is -4.89. The van der Waals surface area contributed by atoms with Gasteiger partial charge >= 0.3 is 6.18 Å². The smallest absolute Gasteiger partial charge is 0.394 e. The Balaban J connectivity index is 1.78. The van der Waals surface area contributed by atoms with Crippen LogP contribution < -0.4 is 0 Å². The zero-order valence-electron chi connectivity index (χ0n) is 16.8. The molecule has 10 heteroatoms. The van der Waals surface area contributed by atoms with Crippen molar-refractivity contribution < 1.29 is 47.4 Å². The SMILES string of the molecule is C[C@@H]1CCC2[C@@H](C)[C@](OCC(O)CO)(C(F)(F)F)O[C@@H]3O[C@]4(C)CC[C@@H]1[C@@]23OO4. The summed E-state index contributed by atoms with van der Waals surface area (Å²) in [5, 5.41) is 18.6. The third kappa shape index (κ3) is 3.06. The molecule has 4 heterocycles. The molecule has 1 aliphatic carbocycles. The van der Waals surface area contributed by atoms with E-state index in [0.29, 0.717) is 19.3 Å². The highest BCUT2D eigenvalue weighted by Crippen LogP contribution is 2.64. The lowest BCUT2D eigenvalue weighted by molar-refractivity contribution is -0.599. The third-order valence-electron chi connectivity index (χ3n) is 7.36. The van der Waals surface area contributed by atoms with Crippen LogP contribution >= 0.6 is 0 Å². The van der Waals surface area contributed by atoms with E-state index in [9.17, 15) is 18.3 Å². The first-order valence-electron chi connectivity index (χ1n) is 10.2. The predicted molar refractivity (Wildman–Crippen MR) is 90.9 cm³/mol. The van der Waals surface area contributed by atoms with Gasteiger partial charge in [-0.15, -0.1) is 0 Å². The second-order valence-electron chi connectivity index (χ2n) is 9.13. The molecular weight excluding hydrogens is 397 g/mol. The number of aliphatic hydroxyl groups excluding tert-OH is 2. The van der Waals surface area contributed by atoms with E-state index in [1.165, 1.54) is 6.92 Å². The summed E-state index contributed by atoms with van der Waals surface area (Å²) in [7, 11) is 0. The van der Waals surface area contributed by atoms with Crippen molar-refractivity contribution in [1.82, 2.24) is 0 Å². The van der Waals surface area contributed by atoms with Crippen molar-refractivity contribution in [2.45, 2.75) is 82.2 Å². The Kier molecular flexibility index (Phi) is 5.25. The van der Waals surface area contributed by atoms with Crippen LogP contribution in [0.2, 0.25) is 0 Å². The average molecular weight is 426 g/mol. The summed E-state index contributed by atoms with van der Waals surface area (Å²) in [4.78, 5) is 11.4. The van der Waals surface area contributed by atoms with Crippen molar-refractivity contribution >= 4 is 0 Å². The van der Waals surface area contributed by atoms with Crippen LogP contribution in [-0.2, 0) is 24.0 Å². The molecule has 9 atom stereocenters. The van der Waals surface area contributed by atoms with E-state index in [-0.39, 0.29) is 11.8 Å². The highest BCUT2D eigenvalue weighted by atomic mass is 19.4. The van der Waals surface area contributed by atoms with Crippen LogP contribution in [-0.4, -0.2) is 59.2 Å². The van der Waals surface area contributed by atoms with Crippen molar-refractivity contribution in [3.8, 4) is 0 Å². The molecule has 0 radical (unpaired) electrons. The van der Waals surface area contributed by atoms with Crippen LogP contribution in [0.25, 0.3) is 0 Å². The normalized spacial score (nSPS) is 50.7. The van der Waals surface area contributed by atoms with E-state index < -0.39 is 60.8 Å². The summed E-state index contributed by atoms with van der Waals surface area (Å²) in [6.07, 6.45) is -5.27. The molecule has 1 saturated carbocycles. The summed E-state index contributed by atoms with van der Waals surface area (Å²) in [6, 6.07) is 0. The number of halogens is 3. The van der Waals surface area contributed by atoms with Gasteiger partial charge in [0.15, 0.2) is 11.9 Å². The summed E-state index contributed by atoms with van der Waals surface area (Å²) in [6.45, 7) is 3.69. The van der Waals surface area contributed by atoms with Gasteiger partial charge in [0.1, 0.15) is 6.10 Å². The van der Waals surface area contributed by atoms with Crippen molar-refractivity contribution in [3.63, 3.8) is 0 Å². The molecule has 168 valence electrons. The fraction of sp³-hybridized carbons (Fsp3) is 1.00. The molecule has 4 saturated heterocycles. The first-order chi connectivity index (χ1) is 13.5. The molecule has 2 bridgehead atoms. The molecule has 4 aliphatic heterocycles. The van der Waals surface area contributed by atoms with Gasteiger partial charge in [0, 0.05) is 18.3 Å². The Bertz CT molecular complexity index is 633. The summed E-state index contributed by atoms with van der Waals surface area (Å²) in [5.41, 5.74) is -1.15. The number of alkyl halides is 3. The van der Waals surface area contributed by atoms with Gasteiger partial charge in [-0.3, -0.25) is 0 Å². The fourth-order valence-electron chi connectivity index (χ4n) is 5.76. The molecular formula is C19H29F3O7. The lowest BCUT2D eigenvalue weighted by atomic mass is 9.57. The van der Waals surface area contributed by atoms with Crippen molar-refractivity contribution in [1.29, 1.82) is 0 Å². The first-order valence-corrected chi connectivity index (χ1v) is 10.2. The van der Waals surface area contributed by atoms with E-state index in [2.05, 4.69) is 6.92 Å². The van der Waals surface area contributed by atoms with Crippen LogP contribution in [0.3, 0.4) is 0 Å². The molecule has 29 heavy (non-hydrogen) atoms. The van der Waals surface area contributed by atoms with Gasteiger partial charge in [0.25, 0.3) is 5.79 Å². The number of rotatable bonds is 4. The van der Waals surface area contributed by atoms with E-state index in [1.807, 2.05) is 0 Å². The maximum atomic E-state index is 14.4. The first kappa shape index (κ1) is 21.7. The molecule has 5 aliphatic rings. The maximum Gasteiger partial charge on any atom is 0.443 e. The van der Waals surface area contributed by atoms with E-state index in [1.54, 1.807) is 6.92 Å². The fourth-order valence-corrected chi connectivity index (χ4v) is 5.76. The second kappa shape index (κ2) is 7.01. The van der Waals surface area contributed by atoms with Gasteiger partial charge in [0.05, 0.1) is 13.2 Å². The van der Waals surface area contributed by atoms with Crippen LogP contribution in [0.15, 0.2) is 0 Å². The number of fused-ring (bicyclic) bond motifs is 2. The standard InChI is InChI=1S/C19H29F3O7/c1-10-4-5-14-11(2)18(19(20,21)22,25-9-12(24)8-23)27-15-17(14)13(10)6-7-16(3,26-15)28-29-17/h10-15,23-24H,4-9H2,1-3H3/t10-,11-,12?,13+,14?,15+,16+,17-,18-/m1/s1. The number of aliphatic hydroxyl groups is 2. The minimum Gasteiger partial charge on any atom is -0.394 e. The molecule has 5 rings (SSSR count). The quantitative estimate of drug-likeness (QED) is 0.668. The topological polar surface area (TPSA) is 86.6 Å². The molecule has 5 fully saturated rings. The molecule has 1 spiro atoms. The Hall–Kier alpha value is -0.490. The molecule has 0 aromatic carbocycles. The van der Waals surface area contributed by atoms with E-state index in [0.717, 1.165) is 6.42 Å². The number of hydrogen-bond donors (Lipinski definition) is 2. The molecule has 0 aromatic heterocycles. The lowest BCUT2D eigenvalue weighted by Crippen LogP contribution is -2.76. The Morgan fingerprint density at radius 1 is 1.10 bits per heavy atom. The summed E-state index contributed by atoms with van der Waals surface area (Å²) >= 11 is 0.